The molecule has 6 nitrogen and oxygen atoms in total. The summed E-state index contributed by atoms with van der Waals surface area (Å²) in [6.45, 7) is 3.63. The molecule has 1 N–H and O–H groups in total. The number of anilines is 1. The lowest BCUT2D eigenvalue weighted by Crippen LogP contribution is -2.39. The number of hydrogen-bond donors (Lipinski definition) is 1. The van der Waals surface area contributed by atoms with Crippen LogP contribution in [0, 0.1) is 0 Å². The summed E-state index contributed by atoms with van der Waals surface area (Å²) in [5.74, 6) is 0.406. The Kier molecular flexibility index (Phi) is 3.86. The molecule has 2 heterocycles. The summed E-state index contributed by atoms with van der Waals surface area (Å²) < 4.78 is 16.1. The van der Waals surface area contributed by atoms with Gasteiger partial charge in [0.1, 0.15) is 11.0 Å². The Morgan fingerprint density at radius 3 is 2.94 bits per heavy atom. The molecule has 0 radical (unpaired) electrons. The number of methoxy groups -OCH3 is 1. The highest BCUT2D eigenvalue weighted by atomic mass is 35.5. The second kappa shape index (κ2) is 5.20. The Hall–Kier alpha value is -0.850. The number of nitrogens with zero attached hydrogens (tertiary/aromatic N) is 2. The maximum absolute atomic E-state index is 5.83. The second-order valence-electron chi connectivity index (χ2n) is 4.10. The van der Waals surface area contributed by atoms with Crippen LogP contribution in [0.4, 0.5) is 6.01 Å². The molecule has 0 saturated carbocycles. The highest BCUT2D eigenvalue weighted by Gasteiger charge is 2.35. The van der Waals surface area contributed by atoms with E-state index in [0.717, 1.165) is 6.42 Å². The number of ether oxygens (including phenoxy) is 2. The predicted molar refractivity (Wildman–Crippen MR) is 62.2 cm³/mol. The third-order valence-electron chi connectivity index (χ3n) is 2.84. The molecule has 1 fully saturated rings. The maximum Gasteiger partial charge on any atom is 0.315 e. The molecule has 2 atom stereocenters. The minimum atomic E-state index is -0.304. The lowest BCUT2D eigenvalue weighted by molar-refractivity contribution is -0.00654. The zero-order chi connectivity index (χ0) is 12.3. The fraction of sp³-hybridized carbons (Fsp3) is 0.800. The van der Waals surface area contributed by atoms with Gasteiger partial charge in [0.15, 0.2) is 0 Å². The van der Waals surface area contributed by atoms with Crippen molar-refractivity contribution in [2.75, 3.05) is 32.2 Å². The van der Waals surface area contributed by atoms with Crippen molar-refractivity contribution in [2.45, 2.75) is 24.3 Å². The van der Waals surface area contributed by atoms with Crippen molar-refractivity contribution in [3.8, 4) is 0 Å². The third-order valence-corrected chi connectivity index (χ3v) is 3.03. The normalized spacial score (nSPS) is 26.1. The standard InChI is InChI=1S/C10H16ClN3O3/c1-7(11)8-13-14-9(17-8)12-5-10(15-2)3-4-16-6-10/h7H,3-6H2,1-2H3,(H,12,14). The summed E-state index contributed by atoms with van der Waals surface area (Å²) in [7, 11) is 1.68. The summed E-state index contributed by atoms with van der Waals surface area (Å²) in [6.07, 6.45) is 0.851. The molecule has 2 rings (SSSR count). The van der Waals surface area contributed by atoms with E-state index >= 15 is 0 Å². The van der Waals surface area contributed by atoms with Crippen molar-refractivity contribution in [1.82, 2.24) is 10.2 Å². The van der Waals surface area contributed by atoms with Crippen LogP contribution in [0.2, 0.25) is 0 Å². The SMILES string of the molecule is COC1(CNc2nnc(C(C)Cl)o2)CCOC1. The van der Waals surface area contributed by atoms with E-state index in [1.54, 1.807) is 14.0 Å². The fourth-order valence-electron chi connectivity index (χ4n) is 1.66. The zero-order valence-electron chi connectivity index (χ0n) is 9.90. The molecule has 17 heavy (non-hydrogen) atoms. The van der Waals surface area contributed by atoms with Crippen molar-refractivity contribution >= 4 is 17.6 Å². The summed E-state index contributed by atoms with van der Waals surface area (Å²) in [4.78, 5) is 0. The fourth-order valence-corrected chi connectivity index (χ4v) is 1.75. The lowest BCUT2D eigenvalue weighted by atomic mass is 10.0. The monoisotopic (exact) mass is 261 g/mol. The number of hydrogen-bond acceptors (Lipinski definition) is 6. The maximum atomic E-state index is 5.83. The van der Waals surface area contributed by atoms with Crippen molar-refractivity contribution in [3.05, 3.63) is 5.89 Å². The molecule has 0 aliphatic carbocycles. The van der Waals surface area contributed by atoms with Gasteiger partial charge in [-0.05, 0) is 6.92 Å². The number of aromatic nitrogens is 2. The Morgan fingerprint density at radius 1 is 1.59 bits per heavy atom. The lowest BCUT2D eigenvalue weighted by Gasteiger charge is -2.25. The average molecular weight is 262 g/mol. The number of nitrogens with one attached hydrogen (secondary N) is 1. The van der Waals surface area contributed by atoms with Gasteiger partial charge in [0.2, 0.25) is 5.89 Å². The van der Waals surface area contributed by atoms with Gasteiger partial charge in [-0.1, -0.05) is 5.10 Å². The molecule has 1 aliphatic heterocycles. The molecule has 7 heteroatoms. The molecule has 0 amide bonds. The highest BCUT2D eigenvalue weighted by Crippen LogP contribution is 2.24. The first-order valence-corrected chi connectivity index (χ1v) is 5.93. The molecule has 1 saturated heterocycles. The Bertz CT molecular complexity index is 363. The number of rotatable bonds is 5. The zero-order valence-corrected chi connectivity index (χ0v) is 10.7. The molecular formula is C10H16ClN3O3. The Balaban J connectivity index is 1.92. The van der Waals surface area contributed by atoms with Gasteiger partial charge < -0.3 is 19.2 Å². The molecule has 2 unspecified atom stereocenters. The predicted octanol–water partition coefficient (Wildman–Crippen LogP) is 1.59. The third kappa shape index (κ3) is 2.88. The molecule has 0 spiro atoms. The van der Waals surface area contributed by atoms with E-state index in [2.05, 4.69) is 15.5 Å². The van der Waals surface area contributed by atoms with Gasteiger partial charge >= 0.3 is 6.01 Å². The summed E-state index contributed by atoms with van der Waals surface area (Å²) in [5, 5.41) is 10.4. The Morgan fingerprint density at radius 2 is 2.41 bits per heavy atom. The highest BCUT2D eigenvalue weighted by molar-refractivity contribution is 6.20. The van der Waals surface area contributed by atoms with Gasteiger partial charge in [-0.15, -0.1) is 16.7 Å². The van der Waals surface area contributed by atoms with Crippen molar-refractivity contribution in [1.29, 1.82) is 0 Å². The molecule has 0 aromatic carbocycles. The van der Waals surface area contributed by atoms with Gasteiger partial charge in [0.25, 0.3) is 0 Å². The quantitative estimate of drug-likeness (QED) is 0.812. The molecule has 1 aromatic heterocycles. The van der Waals surface area contributed by atoms with E-state index in [-0.39, 0.29) is 11.0 Å². The van der Waals surface area contributed by atoms with E-state index < -0.39 is 0 Å². The first-order chi connectivity index (χ1) is 8.15. The van der Waals surface area contributed by atoms with Crippen LogP contribution in [0.25, 0.3) is 0 Å². The molecule has 1 aliphatic rings. The van der Waals surface area contributed by atoms with Crippen LogP contribution in [-0.2, 0) is 9.47 Å². The van der Waals surface area contributed by atoms with Crippen LogP contribution in [0.15, 0.2) is 4.42 Å². The van der Waals surface area contributed by atoms with Crippen LogP contribution in [0.1, 0.15) is 24.6 Å². The summed E-state index contributed by atoms with van der Waals surface area (Å²) in [5.41, 5.74) is -0.304. The number of halogens is 1. The van der Waals surface area contributed by atoms with Gasteiger partial charge in [0, 0.05) is 20.1 Å². The van der Waals surface area contributed by atoms with Crippen LogP contribution in [0.3, 0.4) is 0 Å². The minimum absolute atomic E-state index is 0.288. The van der Waals surface area contributed by atoms with Gasteiger partial charge in [-0.2, -0.15) is 0 Å². The van der Waals surface area contributed by atoms with Crippen molar-refractivity contribution in [2.24, 2.45) is 0 Å². The largest absolute Gasteiger partial charge is 0.407 e. The van der Waals surface area contributed by atoms with Crippen molar-refractivity contribution in [3.63, 3.8) is 0 Å². The Labute approximate surface area is 105 Å². The molecular weight excluding hydrogens is 246 g/mol. The van der Waals surface area contributed by atoms with Crippen LogP contribution in [0.5, 0.6) is 0 Å². The first kappa shape index (κ1) is 12.6. The van der Waals surface area contributed by atoms with Crippen LogP contribution in [-0.4, -0.2) is 42.7 Å². The minimum Gasteiger partial charge on any atom is -0.407 e. The van der Waals surface area contributed by atoms with E-state index in [9.17, 15) is 0 Å². The van der Waals surface area contributed by atoms with E-state index in [1.807, 2.05) is 0 Å². The first-order valence-electron chi connectivity index (χ1n) is 5.49. The molecule has 96 valence electrons. The van der Waals surface area contributed by atoms with Gasteiger partial charge in [0.05, 0.1) is 13.2 Å². The van der Waals surface area contributed by atoms with E-state index in [4.69, 9.17) is 25.5 Å². The molecule has 0 bridgehead atoms. The topological polar surface area (TPSA) is 69.4 Å². The van der Waals surface area contributed by atoms with E-state index in [0.29, 0.717) is 31.7 Å². The van der Waals surface area contributed by atoms with Gasteiger partial charge in [-0.25, -0.2) is 0 Å². The second-order valence-corrected chi connectivity index (χ2v) is 4.76. The smallest absolute Gasteiger partial charge is 0.315 e. The molecule has 1 aromatic rings. The van der Waals surface area contributed by atoms with Crippen LogP contribution < -0.4 is 5.32 Å². The van der Waals surface area contributed by atoms with Crippen molar-refractivity contribution < 1.29 is 13.9 Å². The number of alkyl halides is 1. The van der Waals surface area contributed by atoms with E-state index in [1.165, 1.54) is 0 Å². The summed E-state index contributed by atoms with van der Waals surface area (Å²) >= 11 is 5.83. The average Bonchev–Trinajstić information content (AvgIpc) is 2.96. The summed E-state index contributed by atoms with van der Waals surface area (Å²) in [6, 6.07) is 0.357. The van der Waals surface area contributed by atoms with Crippen LogP contribution >= 0.6 is 11.6 Å². The van der Waals surface area contributed by atoms with Gasteiger partial charge in [-0.3, -0.25) is 0 Å².